The van der Waals surface area contributed by atoms with Crippen molar-refractivity contribution in [1.29, 1.82) is 5.26 Å². The molecule has 3 N–H and O–H groups in total. The Morgan fingerprint density at radius 3 is 2.89 bits per heavy atom. The number of likely N-dealkylation sites (tertiary alicyclic amines) is 1. The number of aldehydes is 1. The number of nitriles is 1. The van der Waals surface area contributed by atoms with Crippen LogP contribution in [0.2, 0.25) is 0 Å². The van der Waals surface area contributed by atoms with Gasteiger partial charge >= 0.3 is 6.09 Å². The summed E-state index contributed by atoms with van der Waals surface area (Å²) in [5, 5.41) is 28.6. The number of aromatic amines is 1. The zero-order valence-electron chi connectivity index (χ0n) is 19.7. The summed E-state index contributed by atoms with van der Waals surface area (Å²) in [6.45, 7) is 0.532. The zero-order valence-corrected chi connectivity index (χ0v) is 19.7. The van der Waals surface area contributed by atoms with Gasteiger partial charge in [-0.1, -0.05) is 0 Å². The number of aromatic hydroxyl groups is 1. The van der Waals surface area contributed by atoms with E-state index in [0.717, 1.165) is 12.1 Å². The van der Waals surface area contributed by atoms with Crippen molar-refractivity contribution in [3.63, 3.8) is 0 Å². The lowest BCUT2D eigenvalue weighted by molar-refractivity contribution is -0.118. The number of hydrogen-bond donors (Lipinski definition) is 3. The van der Waals surface area contributed by atoms with E-state index in [1.807, 2.05) is 0 Å². The topological polar surface area (TPSA) is 167 Å². The molecule has 1 saturated carbocycles. The molecule has 1 aliphatic heterocycles. The molecule has 4 rings (SSSR count). The number of hydrogen-bond acceptors (Lipinski definition) is 9. The Labute approximate surface area is 207 Å². The van der Waals surface area contributed by atoms with Crippen LogP contribution in [0.3, 0.4) is 0 Å². The van der Waals surface area contributed by atoms with Gasteiger partial charge in [0.25, 0.3) is 5.91 Å². The Hall–Kier alpha value is -4.27. The summed E-state index contributed by atoms with van der Waals surface area (Å²) in [5.41, 5.74) is 0.730. The molecule has 0 radical (unpaired) electrons. The highest BCUT2D eigenvalue weighted by atomic mass is 16.6. The molecule has 190 valence electrons. The number of ether oxygens (including phenoxy) is 3. The van der Waals surface area contributed by atoms with E-state index in [0.29, 0.717) is 44.5 Å². The van der Waals surface area contributed by atoms with Crippen LogP contribution in [0.1, 0.15) is 47.7 Å². The van der Waals surface area contributed by atoms with E-state index in [4.69, 9.17) is 19.5 Å². The normalized spacial score (nSPS) is 21.0. The predicted octanol–water partition coefficient (Wildman–Crippen LogP) is 2.57. The van der Waals surface area contributed by atoms with E-state index in [-0.39, 0.29) is 46.8 Å². The van der Waals surface area contributed by atoms with Gasteiger partial charge in [-0.25, -0.2) is 4.79 Å². The molecule has 2 heterocycles. The van der Waals surface area contributed by atoms with Crippen LogP contribution >= 0.6 is 0 Å². The van der Waals surface area contributed by atoms with E-state index in [9.17, 15) is 19.5 Å². The van der Waals surface area contributed by atoms with Gasteiger partial charge in [-0.05, 0) is 25.7 Å². The maximum atomic E-state index is 12.4. The quantitative estimate of drug-likeness (QED) is 0.464. The van der Waals surface area contributed by atoms with Crippen LogP contribution in [0.15, 0.2) is 18.2 Å². The van der Waals surface area contributed by atoms with Gasteiger partial charge in [0.2, 0.25) is 0 Å². The number of H-pyrrole nitrogens is 1. The Kier molecular flexibility index (Phi) is 7.58. The largest absolute Gasteiger partial charge is 0.507 e. The summed E-state index contributed by atoms with van der Waals surface area (Å²) < 4.78 is 16.1. The van der Waals surface area contributed by atoms with Crippen LogP contribution in [-0.2, 0) is 9.53 Å². The van der Waals surface area contributed by atoms with Crippen molar-refractivity contribution in [3.05, 3.63) is 29.5 Å². The first kappa shape index (κ1) is 24.8. The molecule has 1 aromatic heterocycles. The summed E-state index contributed by atoms with van der Waals surface area (Å²) in [4.78, 5) is 37.5. The number of carbonyl (C=O) groups is 3. The zero-order chi connectivity index (χ0) is 25.7. The maximum absolute atomic E-state index is 12.4. The third kappa shape index (κ3) is 5.68. The van der Waals surface area contributed by atoms with E-state index in [1.165, 1.54) is 19.2 Å². The van der Waals surface area contributed by atoms with Crippen molar-refractivity contribution in [1.82, 2.24) is 15.1 Å². The van der Waals surface area contributed by atoms with Gasteiger partial charge in [0.05, 0.1) is 24.7 Å². The average molecular weight is 498 g/mol. The van der Waals surface area contributed by atoms with Crippen LogP contribution < -0.4 is 14.8 Å². The lowest BCUT2D eigenvalue weighted by Crippen LogP contribution is -2.32. The fraction of sp³-hybridized carbons (Fsp3) is 0.458. The summed E-state index contributed by atoms with van der Waals surface area (Å²) in [6, 6.07) is 6.58. The minimum Gasteiger partial charge on any atom is -0.507 e. The van der Waals surface area contributed by atoms with Gasteiger partial charge in [-0.15, -0.1) is 0 Å². The smallest absolute Gasteiger partial charge is 0.410 e. The monoisotopic (exact) mass is 497 g/mol. The number of benzene rings is 1. The Bertz CT molecular complexity index is 1170. The summed E-state index contributed by atoms with van der Waals surface area (Å²) in [5.74, 6) is -0.259. The molecule has 1 saturated heterocycles. The number of nitrogens with one attached hydrogen (secondary N) is 2. The van der Waals surface area contributed by atoms with Gasteiger partial charge in [0.15, 0.2) is 18.7 Å². The number of aromatic nitrogens is 2. The Balaban J connectivity index is 1.26. The number of phenols is 1. The van der Waals surface area contributed by atoms with Crippen LogP contribution in [-0.4, -0.2) is 71.4 Å². The molecule has 0 spiro atoms. The minimum absolute atomic E-state index is 0.0170. The molecular weight excluding hydrogens is 470 g/mol. The number of phenolic OH excluding ortho intramolecular Hbond substituents is 1. The second-order valence-corrected chi connectivity index (χ2v) is 8.80. The highest BCUT2D eigenvalue weighted by molar-refractivity contribution is 5.91. The van der Waals surface area contributed by atoms with E-state index in [2.05, 4.69) is 21.6 Å². The lowest BCUT2D eigenvalue weighted by atomic mass is 10.0. The van der Waals surface area contributed by atoms with Crippen molar-refractivity contribution in [2.45, 2.75) is 37.7 Å². The molecular formula is C24H27N5O7. The van der Waals surface area contributed by atoms with Crippen LogP contribution in [0.25, 0.3) is 0 Å². The Morgan fingerprint density at radius 1 is 1.33 bits per heavy atom. The number of methoxy groups -OCH3 is 1. The van der Waals surface area contributed by atoms with E-state index < -0.39 is 12.5 Å². The number of nitrogens with zero attached hydrogens (tertiary/aromatic N) is 3. The van der Waals surface area contributed by atoms with Gasteiger partial charge in [0.1, 0.15) is 23.4 Å². The molecule has 0 bridgehead atoms. The summed E-state index contributed by atoms with van der Waals surface area (Å²) in [6.07, 6.45) is 2.66. The molecule has 12 nitrogen and oxygen atoms in total. The lowest BCUT2D eigenvalue weighted by Gasteiger charge is -2.19. The number of carbonyl (C=O) groups excluding carboxylic acids is 3. The van der Waals surface area contributed by atoms with Crippen LogP contribution in [0.5, 0.6) is 17.2 Å². The predicted molar refractivity (Wildman–Crippen MR) is 125 cm³/mol. The molecule has 2 aromatic rings. The van der Waals surface area contributed by atoms with Crippen LogP contribution in [0, 0.1) is 17.2 Å². The first-order valence-electron chi connectivity index (χ1n) is 11.6. The van der Waals surface area contributed by atoms with Gasteiger partial charge in [0, 0.05) is 42.9 Å². The van der Waals surface area contributed by atoms with Gasteiger partial charge in [-0.3, -0.25) is 14.7 Å². The molecule has 1 aromatic carbocycles. The van der Waals surface area contributed by atoms with E-state index in [1.54, 1.807) is 11.0 Å². The highest BCUT2D eigenvalue weighted by Crippen LogP contribution is 2.36. The fourth-order valence-electron chi connectivity index (χ4n) is 4.45. The molecule has 2 amide bonds. The van der Waals surface area contributed by atoms with Crippen molar-refractivity contribution in [3.8, 4) is 23.3 Å². The summed E-state index contributed by atoms with van der Waals surface area (Å²) in [7, 11) is 1.40. The van der Waals surface area contributed by atoms with Crippen molar-refractivity contribution < 1.29 is 33.7 Å². The molecule has 3 unspecified atom stereocenters. The van der Waals surface area contributed by atoms with Crippen molar-refractivity contribution in [2.75, 3.05) is 32.1 Å². The Morgan fingerprint density at radius 2 is 2.17 bits per heavy atom. The number of rotatable bonds is 8. The standard InChI is InChI=1S/C24H27N5O7/c1-34-17-7-20(31)18(12-30)21(8-17)35-13-23(32)26-22-9-19(27-28-22)15-2-3-16(6-15)36-24(33)29-5-4-14(10-25)11-29/h7-9,12,14-16,31H,2-6,11,13H2,1H3,(H2,26,27,28,32). The molecule has 2 fully saturated rings. The molecule has 12 heteroatoms. The van der Waals surface area contributed by atoms with E-state index >= 15 is 0 Å². The maximum Gasteiger partial charge on any atom is 0.410 e. The third-order valence-corrected chi connectivity index (χ3v) is 6.39. The average Bonchev–Trinajstić information content (AvgIpc) is 3.63. The second-order valence-electron chi connectivity index (χ2n) is 8.80. The first-order valence-corrected chi connectivity index (χ1v) is 11.6. The van der Waals surface area contributed by atoms with Gasteiger partial charge in [-0.2, -0.15) is 10.4 Å². The number of anilines is 1. The molecule has 36 heavy (non-hydrogen) atoms. The van der Waals surface area contributed by atoms with Crippen molar-refractivity contribution >= 4 is 24.1 Å². The second kappa shape index (κ2) is 11.0. The van der Waals surface area contributed by atoms with Gasteiger partial charge < -0.3 is 29.5 Å². The molecule has 1 aliphatic carbocycles. The number of amides is 2. The molecule has 2 aliphatic rings. The third-order valence-electron chi connectivity index (χ3n) is 6.39. The first-order chi connectivity index (χ1) is 17.4. The SMILES string of the molecule is COc1cc(O)c(C=O)c(OCC(=O)Nc2cc(C3CCC(OC(=O)N4CCC(C#N)C4)C3)[nH]n2)c1. The molecule has 3 atom stereocenters. The minimum atomic E-state index is -0.508. The highest BCUT2D eigenvalue weighted by Gasteiger charge is 2.33. The van der Waals surface area contributed by atoms with Crippen molar-refractivity contribution in [2.24, 2.45) is 5.92 Å². The summed E-state index contributed by atoms with van der Waals surface area (Å²) >= 11 is 0. The fourth-order valence-corrected chi connectivity index (χ4v) is 4.45. The van der Waals surface area contributed by atoms with Crippen LogP contribution in [0.4, 0.5) is 10.6 Å².